The van der Waals surface area contributed by atoms with E-state index in [9.17, 15) is 0 Å². The fraction of sp³-hybridized carbons (Fsp3) is 0.250. The fourth-order valence-corrected chi connectivity index (χ4v) is 1.34. The number of nitrogen functional groups attached to an aromatic ring is 1. The third-order valence-corrected chi connectivity index (χ3v) is 2.00. The Kier molecular flexibility index (Phi) is 3.46. The predicted octanol–water partition coefficient (Wildman–Crippen LogP) is 3.03. The van der Waals surface area contributed by atoms with Gasteiger partial charge in [-0.2, -0.15) is 0 Å². The second-order valence-electron chi connectivity index (χ2n) is 3.35. The number of nitrogens with zero attached hydrogens (tertiary/aromatic N) is 1. The maximum Gasteiger partial charge on any atom is 0.131 e. The minimum atomic E-state index is 0.585. The summed E-state index contributed by atoms with van der Waals surface area (Å²) in [6.45, 7) is 6.14. The number of rotatable bonds is 2. The molecule has 1 aromatic heterocycles. The van der Waals surface area contributed by atoms with Crippen LogP contribution in [0.4, 0.5) is 5.82 Å². The Hall–Kier alpha value is -1.57. The third kappa shape index (κ3) is 2.22. The van der Waals surface area contributed by atoms with Crippen molar-refractivity contribution in [2.24, 2.45) is 0 Å². The number of hydrogen-bond donors (Lipinski definition) is 1. The van der Waals surface area contributed by atoms with Gasteiger partial charge < -0.3 is 5.73 Å². The number of anilines is 1. The minimum Gasteiger partial charge on any atom is -0.383 e. The number of hydrogen-bond acceptors (Lipinski definition) is 2. The number of allylic oxidation sites excluding steroid dienone is 4. The molecule has 14 heavy (non-hydrogen) atoms. The van der Waals surface area contributed by atoms with Crippen molar-refractivity contribution in [2.75, 3.05) is 5.73 Å². The quantitative estimate of drug-likeness (QED) is 0.724. The summed E-state index contributed by atoms with van der Waals surface area (Å²) in [4.78, 5) is 4.07. The molecule has 0 aliphatic rings. The summed E-state index contributed by atoms with van der Waals surface area (Å²) in [5.41, 5.74) is 9.21. The van der Waals surface area contributed by atoms with E-state index in [0.717, 1.165) is 11.1 Å². The monoisotopic (exact) mass is 188 g/mol. The summed E-state index contributed by atoms with van der Waals surface area (Å²) in [6, 6.07) is 3.89. The molecule has 0 saturated heterocycles. The van der Waals surface area contributed by atoms with Crippen LogP contribution in [-0.4, -0.2) is 4.98 Å². The fourth-order valence-electron chi connectivity index (χ4n) is 1.34. The van der Waals surface area contributed by atoms with Crippen LogP contribution >= 0.6 is 0 Å². The van der Waals surface area contributed by atoms with Gasteiger partial charge in [0.15, 0.2) is 0 Å². The first kappa shape index (κ1) is 10.5. The summed E-state index contributed by atoms with van der Waals surface area (Å²) in [5, 5.41) is 0. The standard InChI is InChI=1S/C12H16N2/c1-4-6-10(9(2)3)11-7-5-8-14-12(11)13/h4-8H,1-3H3,(H2,13,14). The van der Waals surface area contributed by atoms with Crippen molar-refractivity contribution in [3.05, 3.63) is 41.6 Å². The highest BCUT2D eigenvalue weighted by Crippen LogP contribution is 2.23. The second-order valence-corrected chi connectivity index (χ2v) is 3.35. The van der Waals surface area contributed by atoms with Gasteiger partial charge in [-0.05, 0) is 38.5 Å². The largest absolute Gasteiger partial charge is 0.383 e. The van der Waals surface area contributed by atoms with Crippen LogP contribution in [0.15, 0.2) is 36.1 Å². The van der Waals surface area contributed by atoms with E-state index in [1.807, 2.05) is 25.1 Å². The molecule has 0 aromatic carbocycles. The van der Waals surface area contributed by atoms with Crippen LogP contribution in [0.3, 0.4) is 0 Å². The lowest BCUT2D eigenvalue weighted by molar-refractivity contribution is 1.30. The molecule has 0 spiro atoms. The lowest BCUT2D eigenvalue weighted by Crippen LogP contribution is -1.96. The van der Waals surface area contributed by atoms with Gasteiger partial charge in [0.05, 0.1) is 0 Å². The van der Waals surface area contributed by atoms with Crippen molar-refractivity contribution in [3.63, 3.8) is 0 Å². The Labute approximate surface area is 85.2 Å². The Morgan fingerprint density at radius 3 is 2.64 bits per heavy atom. The Morgan fingerprint density at radius 1 is 1.43 bits per heavy atom. The van der Waals surface area contributed by atoms with E-state index >= 15 is 0 Å². The van der Waals surface area contributed by atoms with Crippen LogP contribution in [0.5, 0.6) is 0 Å². The van der Waals surface area contributed by atoms with E-state index in [-0.39, 0.29) is 0 Å². The number of aromatic nitrogens is 1. The molecule has 74 valence electrons. The maximum absolute atomic E-state index is 5.81. The van der Waals surface area contributed by atoms with Gasteiger partial charge in [-0.15, -0.1) is 0 Å². The molecular formula is C12H16N2. The number of nitrogens with two attached hydrogens (primary N) is 1. The average molecular weight is 188 g/mol. The molecule has 0 aliphatic heterocycles. The molecule has 2 N–H and O–H groups in total. The first-order valence-corrected chi connectivity index (χ1v) is 4.68. The predicted molar refractivity (Wildman–Crippen MR) is 61.7 cm³/mol. The van der Waals surface area contributed by atoms with Gasteiger partial charge in [0.2, 0.25) is 0 Å². The molecule has 0 saturated carbocycles. The van der Waals surface area contributed by atoms with Gasteiger partial charge in [0.25, 0.3) is 0 Å². The molecule has 1 aromatic rings. The summed E-state index contributed by atoms with van der Waals surface area (Å²) >= 11 is 0. The molecule has 1 rings (SSSR count). The highest BCUT2D eigenvalue weighted by Gasteiger charge is 2.03. The summed E-state index contributed by atoms with van der Waals surface area (Å²) in [7, 11) is 0. The topological polar surface area (TPSA) is 38.9 Å². The van der Waals surface area contributed by atoms with Crippen LogP contribution < -0.4 is 5.73 Å². The third-order valence-electron chi connectivity index (χ3n) is 2.00. The van der Waals surface area contributed by atoms with Crippen molar-refractivity contribution >= 4 is 11.4 Å². The first-order valence-electron chi connectivity index (χ1n) is 4.68. The summed E-state index contributed by atoms with van der Waals surface area (Å²) in [5.74, 6) is 0.585. The van der Waals surface area contributed by atoms with Crippen molar-refractivity contribution in [3.8, 4) is 0 Å². The molecule has 0 amide bonds. The summed E-state index contributed by atoms with van der Waals surface area (Å²) in [6.07, 6.45) is 5.77. The Bertz CT molecular complexity index is 372. The Balaban J connectivity index is 3.27. The zero-order valence-corrected chi connectivity index (χ0v) is 8.91. The van der Waals surface area contributed by atoms with Gasteiger partial charge in [-0.1, -0.05) is 17.7 Å². The molecular weight excluding hydrogens is 172 g/mol. The smallest absolute Gasteiger partial charge is 0.131 e. The van der Waals surface area contributed by atoms with Gasteiger partial charge in [-0.3, -0.25) is 0 Å². The minimum absolute atomic E-state index is 0.585. The van der Waals surface area contributed by atoms with Gasteiger partial charge in [0, 0.05) is 11.8 Å². The molecule has 2 heteroatoms. The van der Waals surface area contributed by atoms with Gasteiger partial charge in [0.1, 0.15) is 5.82 Å². The van der Waals surface area contributed by atoms with Crippen molar-refractivity contribution in [1.82, 2.24) is 4.98 Å². The zero-order chi connectivity index (χ0) is 10.6. The van der Waals surface area contributed by atoms with E-state index in [0.29, 0.717) is 5.82 Å². The van der Waals surface area contributed by atoms with E-state index in [1.165, 1.54) is 5.57 Å². The maximum atomic E-state index is 5.81. The average Bonchev–Trinajstić information content (AvgIpc) is 2.15. The van der Waals surface area contributed by atoms with E-state index in [4.69, 9.17) is 5.73 Å². The molecule has 0 aliphatic carbocycles. The van der Waals surface area contributed by atoms with Crippen LogP contribution in [0.25, 0.3) is 5.57 Å². The molecule has 0 bridgehead atoms. The van der Waals surface area contributed by atoms with Crippen molar-refractivity contribution in [1.29, 1.82) is 0 Å². The van der Waals surface area contributed by atoms with Crippen molar-refractivity contribution < 1.29 is 0 Å². The SMILES string of the molecule is CC=CC(=C(C)C)c1cccnc1N. The van der Waals surface area contributed by atoms with Crippen LogP contribution in [0.2, 0.25) is 0 Å². The van der Waals surface area contributed by atoms with Crippen LogP contribution in [0.1, 0.15) is 26.3 Å². The van der Waals surface area contributed by atoms with Gasteiger partial charge in [-0.25, -0.2) is 4.98 Å². The zero-order valence-electron chi connectivity index (χ0n) is 8.91. The summed E-state index contributed by atoms with van der Waals surface area (Å²) < 4.78 is 0. The van der Waals surface area contributed by atoms with Crippen LogP contribution in [0, 0.1) is 0 Å². The first-order chi connectivity index (χ1) is 6.66. The van der Waals surface area contributed by atoms with Crippen LogP contribution in [-0.2, 0) is 0 Å². The van der Waals surface area contributed by atoms with E-state index in [2.05, 4.69) is 24.9 Å². The van der Waals surface area contributed by atoms with E-state index < -0.39 is 0 Å². The molecule has 2 nitrogen and oxygen atoms in total. The second kappa shape index (κ2) is 4.61. The molecule has 0 radical (unpaired) electrons. The molecule has 1 heterocycles. The van der Waals surface area contributed by atoms with Gasteiger partial charge >= 0.3 is 0 Å². The van der Waals surface area contributed by atoms with E-state index in [1.54, 1.807) is 6.20 Å². The molecule has 0 fully saturated rings. The Morgan fingerprint density at radius 2 is 2.14 bits per heavy atom. The molecule has 0 atom stereocenters. The van der Waals surface area contributed by atoms with Crippen molar-refractivity contribution in [2.45, 2.75) is 20.8 Å². The highest BCUT2D eigenvalue weighted by atomic mass is 14.8. The normalized spacial score (nSPS) is 10.5. The number of pyridine rings is 1. The highest BCUT2D eigenvalue weighted by molar-refractivity contribution is 5.81. The lowest BCUT2D eigenvalue weighted by Gasteiger charge is -2.07. The molecule has 0 unspecified atom stereocenters. The lowest BCUT2D eigenvalue weighted by atomic mass is 10.0.